The van der Waals surface area contributed by atoms with Gasteiger partial charge in [0.05, 0.1) is 6.61 Å². The maximum Gasteiger partial charge on any atom is 0.248 e. The summed E-state index contributed by atoms with van der Waals surface area (Å²) in [6.45, 7) is 5.72. The van der Waals surface area contributed by atoms with E-state index in [-0.39, 0.29) is 12.5 Å². The lowest BCUT2D eigenvalue weighted by Gasteiger charge is -2.33. The number of hydrogen-bond acceptors (Lipinski definition) is 3. The molecule has 0 radical (unpaired) electrons. The van der Waals surface area contributed by atoms with Crippen molar-refractivity contribution in [3.8, 4) is 0 Å². The molecule has 1 heterocycles. The lowest BCUT2D eigenvalue weighted by molar-refractivity contribution is -0.139. The van der Waals surface area contributed by atoms with Crippen molar-refractivity contribution in [2.45, 2.75) is 25.8 Å². The monoisotopic (exact) mass is 212 g/mol. The van der Waals surface area contributed by atoms with Gasteiger partial charge in [-0.15, -0.1) is 0 Å². The molecule has 1 atom stereocenters. The molecule has 2 fully saturated rings. The smallest absolute Gasteiger partial charge is 0.248 e. The van der Waals surface area contributed by atoms with Gasteiger partial charge in [0.2, 0.25) is 5.91 Å². The van der Waals surface area contributed by atoms with Crippen molar-refractivity contribution < 1.29 is 9.53 Å². The van der Waals surface area contributed by atoms with E-state index in [1.54, 1.807) is 0 Å². The minimum Gasteiger partial charge on any atom is -0.371 e. The number of ether oxygens (including phenoxy) is 1. The van der Waals surface area contributed by atoms with E-state index in [1.807, 2.05) is 4.90 Å². The molecule has 4 heteroatoms. The first-order chi connectivity index (χ1) is 7.27. The Labute approximate surface area is 91.0 Å². The van der Waals surface area contributed by atoms with Crippen LogP contribution in [-0.4, -0.2) is 49.7 Å². The van der Waals surface area contributed by atoms with Gasteiger partial charge in [0, 0.05) is 25.7 Å². The molecule has 1 aliphatic heterocycles. The summed E-state index contributed by atoms with van der Waals surface area (Å²) in [4.78, 5) is 13.7. The van der Waals surface area contributed by atoms with Crippen LogP contribution < -0.4 is 5.32 Å². The van der Waals surface area contributed by atoms with Crippen molar-refractivity contribution in [3.63, 3.8) is 0 Å². The summed E-state index contributed by atoms with van der Waals surface area (Å²) >= 11 is 0. The van der Waals surface area contributed by atoms with Crippen LogP contribution in [0.1, 0.15) is 19.8 Å². The van der Waals surface area contributed by atoms with E-state index in [0.29, 0.717) is 6.04 Å². The third-order valence-corrected chi connectivity index (χ3v) is 3.10. The van der Waals surface area contributed by atoms with Crippen molar-refractivity contribution >= 4 is 5.91 Å². The largest absolute Gasteiger partial charge is 0.371 e. The summed E-state index contributed by atoms with van der Waals surface area (Å²) in [5, 5.41) is 3.27. The molecule has 4 nitrogen and oxygen atoms in total. The first kappa shape index (κ1) is 10.9. The maximum absolute atomic E-state index is 11.8. The molecule has 0 spiro atoms. The van der Waals surface area contributed by atoms with Gasteiger partial charge in [0.1, 0.15) is 6.61 Å². The minimum atomic E-state index is 0.143. The van der Waals surface area contributed by atoms with E-state index in [9.17, 15) is 4.79 Å². The van der Waals surface area contributed by atoms with E-state index >= 15 is 0 Å². The van der Waals surface area contributed by atoms with E-state index < -0.39 is 0 Å². The lowest BCUT2D eigenvalue weighted by atomic mass is 10.2. The molecule has 0 aromatic rings. The first-order valence-electron chi connectivity index (χ1n) is 5.85. The highest BCUT2D eigenvalue weighted by Gasteiger charge is 2.25. The van der Waals surface area contributed by atoms with Crippen LogP contribution in [-0.2, 0) is 9.53 Å². The predicted octanol–water partition coefficient (Wildman–Crippen LogP) is 0.233. The molecule has 1 N–H and O–H groups in total. The Hall–Kier alpha value is -0.610. The maximum atomic E-state index is 11.8. The van der Waals surface area contributed by atoms with Crippen LogP contribution in [0.15, 0.2) is 0 Å². The quantitative estimate of drug-likeness (QED) is 0.725. The third-order valence-electron chi connectivity index (χ3n) is 3.10. The van der Waals surface area contributed by atoms with Crippen LogP contribution in [0.3, 0.4) is 0 Å². The highest BCUT2D eigenvalue weighted by atomic mass is 16.5. The standard InChI is InChI=1S/C11H20N2O2/c1-9-6-12-4-5-13(9)11(14)8-15-7-10-2-3-10/h9-10,12H,2-8H2,1H3/t9-/m1/s1. The molecule has 0 aromatic heterocycles. The Morgan fingerprint density at radius 1 is 1.53 bits per heavy atom. The Morgan fingerprint density at radius 3 is 3.00 bits per heavy atom. The van der Waals surface area contributed by atoms with Gasteiger partial charge >= 0.3 is 0 Å². The SMILES string of the molecule is C[C@@H]1CNCCN1C(=O)COCC1CC1. The lowest BCUT2D eigenvalue weighted by Crippen LogP contribution is -2.53. The zero-order chi connectivity index (χ0) is 10.7. The number of nitrogens with one attached hydrogen (secondary N) is 1. The van der Waals surface area contributed by atoms with Gasteiger partial charge in [-0.3, -0.25) is 4.79 Å². The van der Waals surface area contributed by atoms with Gasteiger partial charge < -0.3 is 15.0 Å². The highest BCUT2D eigenvalue weighted by molar-refractivity contribution is 5.77. The number of amides is 1. The molecule has 1 saturated heterocycles. The van der Waals surface area contributed by atoms with Crippen LogP contribution in [0.4, 0.5) is 0 Å². The van der Waals surface area contributed by atoms with Gasteiger partial charge in [0.15, 0.2) is 0 Å². The van der Waals surface area contributed by atoms with Crippen LogP contribution in [0.2, 0.25) is 0 Å². The van der Waals surface area contributed by atoms with Gasteiger partial charge in [-0.05, 0) is 25.7 Å². The Bertz CT molecular complexity index is 229. The van der Waals surface area contributed by atoms with Crippen molar-refractivity contribution in [3.05, 3.63) is 0 Å². The van der Waals surface area contributed by atoms with Crippen LogP contribution in [0.5, 0.6) is 0 Å². The van der Waals surface area contributed by atoms with E-state index in [4.69, 9.17) is 4.74 Å². The second-order valence-corrected chi connectivity index (χ2v) is 4.60. The molecule has 1 saturated carbocycles. The molecule has 1 amide bonds. The summed E-state index contributed by atoms with van der Waals surface area (Å²) in [6.07, 6.45) is 2.55. The Morgan fingerprint density at radius 2 is 2.33 bits per heavy atom. The molecule has 2 aliphatic rings. The summed E-state index contributed by atoms with van der Waals surface area (Å²) < 4.78 is 5.41. The Kier molecular flexibility index (Phi) is 3.59. The van der Waals surface area contributed by atoms with Crippen molar-refractivity contribution in [2.75, 3.05) is 32.8 Å². The minimum absolute atomic E-state index is 0.143. The second kappa shape index (κ2) is 4.94. The highest BCUT2D eigenvalue weighted by Crippen LogP contribution is 2.28. The average molecular weight is 212 g/mol. The molecule has 0 aromatic carbocycles. The van der Waals surface area contributed by atoms with Crippen LogP contribution in [0.25, 0.3) is 0 Å². The van der Waals surface area contributed by atoms with Gasteiger partial charge in [0.25, 0.3) is 0 Å². The zero-order valence-corrected chi connectivity index (χ0v) is 9.37. The van der Waals surface area contributed by atoms with Crippen molar-refractivity contribution in [1.29, 1.82) is 0 Å². The molecule has 1 aliphatic carbocycles. The fourth-order valence-electron chi connectivity index (χ4n) is 1.89. The number of hydrogen-bond donors (Lipinski definition) is 1. The topological polar surface area (TPSA) is 41.6 Å². The van der Waals surface area contributed by atoms with E-state index in [0.717, 1.165) is 32.2 Å². The van der Waals surface area contributed by atoms with Gasteiger partial charge in [-0.1, -0.05) is 0 Å². The summed E-state index contributed by atoms with van der Waals surface area (Å²) in [7, 11) is 0. The summed E-state index contributed by atoms with van der Waals surface area (Å²) in [5.74, 6) is 0.878. The molecule has 0 unspecified atom stereocenters. The summed E-state index contributed by atoms with van der Waals surface area (Å²) in [6, 6.07) is 0.302. The third kappa shape index (κ3) is 3.18. The number of carbonyl (C=O) groups is 1. The summed E-state index contributed by atoms with van der Waals surface area (Å²) in [5.41, 5.74) is 0. The first-order valence-corrected chi connectivity index (χ1v) is 5.85. The molecule has 15 heavy (non-hydrogen) atoms. The molecule has 2 rings (SSSR count). The van der Waals surface area contributed by atoms with E-state index in [1.165, 1.54) is 12.8 Å². The fourth-order valence-corrected chi connectivity index (χ4v) is 1.89. The van der Waals surface area contributed by atoms with Gasteiger partial charge in [-0.25, -0.2) is 0 Å². The Balaban J connectivity index is 1.68. The van der Waals surface area contributed by atoms with Crippen molar-refractivity contribution in [2.24, 2.45) is 5.92 Å². The average Bonchev–Trinajstić information content (AvgIpc) is 3.02. The zero-order valence-electron chi connectivity index (χ0n) is 9.37. The fraction of sp³-hybridized carbons (Fsp3) is 0.909. The van der Waals surface area contributed by atoms with Crippen LogP contribution >= 0.6 is 0 Å². The van der Waals surface area contributed by atoms with E-state index in [2.05, 4.69) is 12.2 Å². The molecular weight excluding hydrogens is 192 g/mol. The number of rotatable bonds is 4. The molecule has 86 valence electrons. The molecular formula is C11H20N2O2. The second-order valence-electron chi connectivity index (χ2n) is 4.60. The number of carbonyl (C=O) groups excluding carboxylic acids is 1. The van der Waals surface area contributed by atoms with Crippen molar-refractivity contribution in [1.82, 2.24) is 10.2 Å². The van der Waals surface area contributed by atoms with Crippen LogP contribution in [0, 0.1) is 5.92 Å². The number of nitrogens with zero attached hydrogens (tertiary/aromatic N) is 1. The van der Waals surface area contributed by atoms with Gasteiger partial charge in [-0.2, -0.15) is 0 Å². The molecule has 0 bridgehead atoms. The predicted molar refractivity (Wildman–Crippen MR) is 57.6 cm³/mol. The number of piperazine rings is 1. The normalized spacial score (nSPS) is 26.7.